The number of carbonyl (C=O) groups excluding carboxylic acids is 9. The maximum absolute atomic E-state index is 15.1. The van der Waals surface area contributed by atoms with E-state index in [9.17, 15) is 38.4 Å². The van der Waals surface area contributed by atoms with E-state index in [-0.39, 0.29) is 51.6 Å². The zero-order valence-corrected chi connectivity index (χ0v) is 41.7. The van der Waals surface area contributed by atoms with Gasteiger partial charge in [0.15, 0.2) is 0 Å². The molecule has 2 saturated heterocycles. The molecule has 0 bridgehead atoms. The molecule has 11 N–H and O–H groups in total. The van der Waals surface area contributed by atoms with Gasteiger partial charge in [0, 0.05) is 68.3 Å². The van der Waals surface area contributed by atoms with Gasteiger partial charge in [0.2, 0.25) is 53.2 Å². The van der Waals surface area contributed by atoms with E-state index < -0.39 is 102 Å². The molecule has 7 atom stereocenters. The molecule has 0 aliphatic carbocycles. The number of primary amides is 1. The van der Waals surface area contributed by atoms with Gasteiger partial charge in [-0.3, -0.25) is 43.2 Å². The fraction of sp³-hybridized carbons (Fsp3) is 0.434. The minimum atomic E-state index is -1.55. The van der Waals surface area contributed by atoms with Crippen LogP contribution in [0.1, 0.15) is 88.5 Å². The Bertz CT molecular complexity index is 2830. The minimum absolute atomic E-state index is 0.0118. The number of fused-ring (bicyclic) bond motifs is 3. The minimum Gasteiger partial charge on any atom is -0.368 e. The highest BCUT2D eigenvalue weighted by molar-refractivity contribution is 5.99. The number of amides is 9. The van der Waals surface area contributed by atoms with Gasteiger partial charge in [-0.15, -0.1) is 0 Å². The Balaban J connectivity index is 1.24. The van der Waals surface area contributed by atoms with E-state index in [4.69, 9.17) is 5.73 Å². The van der Waals surface area contributed by atoms with Crippen molar-refractivity contribution in [3.05, 3.63) is 102 Å². The second kappa shape index (κ2) is 25.5. The molecule has 392 valence electrons. The average Bonchev–Trinajstić information content (AvgIpc) is 4.18. The van der Waals surface area contributed by atoms with Crippen molar-refractivity contribution < 1.29 is 43.2 Å². The number of nitrogens with two attached hydrogens (primary N) is 1. The average molecular weight is 1020 g/mol. The number of unbranched alkanes of at least 4 members (excludes halogenated alkanes) is 1. The van der Waals surface area contributed by atoms with Gasteiger partial charge in [0.25, 0.3) is 0 Å². The van der Waals surface area contributed by atoms with Crippen molar-refractivity contribution in [2.24, 2.45) is 5.73 Å². The molecule has 9 amide bonds. The Hall–Kier alpha value is -8.10. The molecule has 0 radical (unpaired) electrons. The molecule has 0 unspecified atom stereocenters. The van der Waals surface area contributed by atoms with Gasteiger partial charge in [-0.1, -0.05) is 80.4 Å². The SMILES string of the molecule is CCCC[C@H](NC(C)=O)C(=O)N[C@H]1CC(=O)NCCCC[C@@H](C(N)=O)NC(=O)[C@H](Cc2c[nH]c3ccccc23)NC(=O)[C@H]2CCCN2C(=O)[C@@H](Cc2ccc3ccccc3c2)NC(=O)[C@H](Cc2cnc[nH]2)NC1=O. The van der Waals surface area contributed by atoms with Crippen molar-refractivity contribution >= 4 is 74.8 Å². The van der Waals surface area contributed by atoms with E-state index in [0.717, 1.165) is 21.7 Å². The van der Waals surface area contributed by atoms with Crippen LogP contribution in [0.4, 0.5) is 0 Å². The lowest BCUT2D eigenvalue weighted by molar-refractivity contribution is -0.142. The lowest BCUT2D eigenvalue weighted by Gasteiger charge is -2.31. The third-order valence-electron chi connectivity index (χ3n) is 13.5. The highest BCUT2D eigenvalue weighted by atomic mass is 16.2. The topological polar surface area (TPSA) is 312 Å². The number of aromatic amines is 2. The number of carbonyl (C=O) groups is 9. The molecule has 2 fully saturated rings. The van der Waals surface area contributed by atoms with E-state index in [1.54, 1.807) is 6.20 Å². The molecule has 4 heterocycles. The number of H-pyrrole nitrogens is 2. The van der Waals surface area contributed by atoms with Crippen LogP contribution < -0.4 is 43.0 Å². The summed E-state index contributed by atoms with van der Waals surface area (Å²) in [7, 11) is 0. The Kier molecular flexibility index (Phi) is 18.5. The first-order valence-corrected chi connectivity index (χ1v) is 25.3. The molecule has 2 aliphatic rings. The first-order valence-electron chi connectivity index (χ1n) is 25.3. The quantitative estimate of drug-likeness (QED) is 0.0808. The Morgan fingerprint density at radius 1 is 0.784 bits per heavy atom. The molecule has 2 aromatic heterocycles. The normalized spacial score (nSPS) is 22.4. The van der Waals surface area contributed by atoms with Crippen LogP contribution in [-0.2, 0) is 62.4 Å². The summed E-state index contributed by atoms with van der Waals surface area (Å²) in [6, 6.07) is 12.0. The van der Waals surface area contributed by atoms with Gasteiger partial charge in [0.1, 0.15) is 42.3 Å². The van der Waals surface area contributed by atoms with E-state index in [0.29, 0.717) is 48.9 Å². The zero-order chi connectivity index (χ0) is 52.7. The van der Waals surface area contributed by atoms with Gasteiger partial charge in [0.05, 0.1) is 12.7 Å². The molecule has 21 heteroatoms. The number of rotatable bonds is 13. The maximum Gasteiger partial charge on any atom is 0.246 e. The number of aromatic nitrogens is 3. The summed E-state index contributed by atoms with van der Waals surface area (Å²) in [5.41, 5.74) is 8.45. The van der Waals surface area contributed by atoms with Crippen LogP contribution in [0.3, 0.4) is 0 Å². The summed E-state index contributed by atoms with van der Waals surface area (Å²) in [6.07, 6.45) is 6.70. The summed E-state index contributed by atoms with van der Waals surface area (Å²) >= 11 is 0. The smallest absolute Gasteiger partial charge is 0.246 e. The summed E-state index contributed by atoms with van der Waals surface area (Å²) in [5.74, 6) is -6.25. The fourth-order valence-electron chi connectivity index (χ4n) is 9.59. The highest BCUT2D eigenvalue weighted by Gasteiger charge is 2.41. The molecular formula is C53H66N12O9. The number of hydrogen-bond acceptors (Lipinski definition) is 10. The van der Waals surface area contributed by atoms with Gasteiger partial charge >= 0.3 is 0 Å². The maximum atomic E-state index is 15.1. The van der Waals surface area contributed by atoms with Crippen LogP contribution in [-0.4, -0.2) is 128 Å². The first-order chi connectivity index (χ1) is 35.7. The number of para-hydroxylation sites is 1. The molecule has 0 saturated carbocycles. The summed E-state index contributed by atoms with van der Waals surface area (Å²) in [6.45, 7) is 3.38. The molecule has 74 heavy (non-hydrogen) atoms. The van der Waals surface area contributed by atoms with Crippen molar-refractivity contribution in [3.63, 3.8) is 0 Å². The molecular weight excluding hydrogens is 949 g/mol. The van der Waals surface area contributed by atoms with E-state index >= 15 is 4.79 Å². The molecule has 5 aromatic rings. The Morgan fingerprint density at radius 3 is 2.27 bits per heavy atom. The number of benzene rings is 3. The van der Waals surface area contributed by atoms with Crippen molar-refractivity contribution in [1.82, 2.24) is 57.1 Å². The predicted octanol–water partition coefficient (Wildman–Crippen LogP) is 1.36. The van der Waals surface area contributed by atoms with Crippen LogP contribution >= 0.6 is 0 Å². The monoisotopic (exact) mass is 1010 g/mol. The molecule has 7 rings (SSSR count). The first kappa shape index (κ1) is 53.7. The number of nitrogens with one attached hydrogen (secondary N) is 9. The molecule has 0 spiro atoms. The molecule has 3 aromatic carbocycles. The standard InChI is InChI=1S/C53H66N12O9/c1-3-4-15-40(59-31(2)66)48(69)62-43-27-46(67)56-21-10-9-17-39(47(54)68)60-49(70)41(25-35-28-57-38-16-8-7-14-37(35)38)63-52(73)45-18-11-22-65(45)53(74)44(24-32-19-20-33-12-5-6-13-34(33)23-32)64-50(71)42(61-51(43)72)26-36-29-55-30-58-36/h5-8,12-14,16,19-20,23,28-30,39-45,57H,3-4,9-11,15,17-18,21-22,24-27H2,1-2H3,(H2,54,68)(H,55,58)(H,56,67)(H,59,66)(H,60,70)(H,61,72)(H,62,69)(H,63,73)(H,64,71)/t39-,40-,41-,42-,43-,44+,45+/m0/s1. The van der Waals surface area contributed by atoms with E-state index in [1.807, 2.05) is 73.7 Å². The Labute approximate surface area is 428 Å². The second-order valence-electron chi connectivity index (χ2n) is 19.1. The van der Waals surface area contributed by atoms with Crippen molar-refractivity contribution in [2.75, 3.05) is 13.1 Å². The lowest BCUT2D eigenvalue weighted by atomic mass is 9.99. The summed E-state index contributed by atoms with van der Waals surface area (Å²) in [5, 5.41) is 21.9. The van der Waals surface area contributed by atoms with Crippen molar-refractivity contribution in [3.8, 4) is 0 Å². The lowest BCUT2D eigenvalue weighted by Crippen LogP contribution is -2.61. The van der Waals surface area contributed by atoms with Crippen LogP contribution in [0, 0.1) is 0 Å². The fourth-order valence-corrected chi connectivity index (χ4v) is 9.59. The van der Waals surface area contributed by atoms with Crippen molar-refractivity contribution in [2.45, 2.75) is 133 Å². The van der Waals surface area contributed by atoms with Crippen molar-refractivity contribution in [1.29, 1.82) is 0 Å². The molecule has 21 nitrogen and oxygen atoms in total. The van der Waals surface area contributed by atoms with Gasteiger partial charge in [-0.25, -0.2) is 4.98 Å². The third-order valence-corrected chi connectivity index (χ3v) is 13.5. The van der Waals surface area contributed by atoms with Crippen LogP contribution in [0.25, 0.3) is 21.7 Å². The predicted molar refractivity (Wildman–Crippen MR) is 274 cm³/mol. The largest absolute Gasteiger partial charge is 0.368 e. The van der Waals surface area contributed by atoms with Crippen LogP contribution in [0.5, 0.6) is 0 Å². The summed E-state index contributed by atoms with van der Waals surface area (Å²) in [4.78, 5) is 137. The number of hydrogen-bond donors (Lipinski definition) is 10. The van der Waals surface area contributed by atoms with Gasteiger partial charge < -0.3 is 57.8 Å². The number of nitrogens with zero attached hydrogens (tertiary/aromatic N) is 2. The van der Waals surface area contributed by atoms with Gasteiger partial charge in [-0.2, -0.15) is 0 Å². The zero-order valence-electron chi connectivity index (χ0n) is 41.7. The summed E-state index contributed by atoms with van der Waals surface area (Å²) < 4.78 is 0. The highest BCUT2D eigenvalue weighted by Crippen LogP contribution is 2.24. The number of imidazole rings is 1. The second-order valence-corrected chi connectivity index (χ2v) is 19.1. The van der Waals surface area contributed by atoms with E-state index in [1.165, 1.54) is 24.3 Å². The van der Waals surface area contributed by atoms with Crippen LogP contribution in [0.2, 0.25) is 0 Å². The third kappa shape index (κ3) is 14.3. The Morgan fingerprint density at radius 2 is 1.51 bits per heavy atom. The van der Waals surface area contributed by atoms with Crippen LogP contribution in [0.15, 0.2) is 85.5 Å². The van der Waals surface area contributed by atoms with Gasteiger partial charge in [-0.05, 0) is 66.5 Å². The van der Waals surface area contributed by atoms with E-state index in [2.05, 4.69) is 52.2 Å². The molecule has 2 aliphatic heterocycles.